The zero-order valence-corrected chi connectivity index (χ0v) is 11.5. The van der Waals surface area contributed by atoms with Crippen molar-refractivity contribution in [1.29, 1.82) is 0 Å². The Balaban J connectivity index is 1.56. The van der Waals surface area contributed by atoms with Crippen molar-refractivity contribution in [2.24, 2.45) is 11.8 Å². The van der Waals surface area contributed by atoms with Crippen LogP contribution in [0.5, 0.6) is 0 Å². The van der Waals surface area contributed by atoms with Crippen LogP contribution in [0.25, 0.3) is 0 Å². The fourth-order valence-corrected chi connectivity index (χ4v) is 3.12. The number of likely N-dealkylation sites (tertiary alicyclic amines) is 1. The largest absolute Gasteiger partial charge is 0.295 e. The van der Waals surface area contributed by atoms with E-state index in [1.54, 1.807) is 0 Å². The van der Waals surface area contributed by atoms with Gasteiger partial charge in [-0.2, -0.15) is 10.1 Å². The number of rotatable bonds is 4. The van der Waals surface area contributed by atoms with Gasteiger partial charge in [-0.3, -0.25) is 24.6 Å². The molecule has 1 saturated carbocycles. The summed E-state index contributed by atoms with van der Waals surface area (Å²) in [6, 6.07) is 0. The minimum atomic E-state index is -0.303. The average Bonchev–Trinajstić information content (AvgIpc) is 3.07. The molecule has 1 aliphatic carbocycles. The van der Waals surface area contributed by atoms with E-state index >= 15 is 0 Å². The number of amides is 3. The monoisotopic (exact) mass is 291 g/mol. The van der Waals surface area contributed by atoms with E-state index in [2.05, 4.69) is 20.5 Å². The number of hydrogen-bond donors (Lipinski definition) is 2. The van der Waals surface area contributed by atoms with Crippen LogP contribution >= 0.6 is 0 Å². The Labute approximate surface area is 121 Å². The maximum atomic E-state index is 12.2. The van der Waals surface area contributed by atoms with Crippen LogP contribution in [0, 0.1) is 11.8 Å². The molecule has 1 aromatic heterocycles. The average molecular weight is 291 g/mol. The Bertz CT molecular complexity index is 532. The van der Waals surface area contributed by atoms with Crippen LogP contribution < -0.4 is 5.32 Å². The standard InChI is InChI=1S/C13H17N5O3/c19-10(16-13-14-7-15-17-13)5-6-18-11(20)8-3-1-2-4-9(8)12(18)21/h7-9H,1-6H2,(H2,14,15,16,17,19)/t8-,9-/m1/s1. The number of nitrogens with zero attached hydrogens (tertiary/aromatic N) is 3. The molecular formula is C13H17N5O3. The summed E-state index contributed by atoms with van der Waals surface area (Å²) in [4.78, 5) is 41.2. The van der Waals surface area contributed by atoms with Crippen molar-refractivity contribution in [3.63, 3.8) is 0 Å². The predicted octanol–water partition coefficient (Wildman–Crippen LogP) is 0.308. The molecular weight excluding hydrogens is 274 g/mol. The number of anilines is 1. The summed E-state index contributed by atoms with van der Waals surface area (Å²) >= 11 is 0. The number of imide groups is 1. The molecule has 21 heavy (non-hydrogen) atoms. The molecule has 1 saturated heterocycles. The molecule has 2 N–H and O–H groups in total. The fraction of sp³-hybridized carbons (Fsp3) is 0.615. The van der Waals surface area contributed by atoms with Crippen molar-refractivity contribution in [2.75, 3.05) is 11.9 Å². The third-order valence-electron chi connectivity index (χ3n) is 4.17. The molecule has 0 radical (unpaired) electrons. The summed E-state index contributed by atoms with van der Waals surface area (Å²) in [6.07, 6.45) is 4.93. The van der Waals surface area contributed by atoms with Crippen LogP contribution in [-0.4, -0.2) is 44.3 Å². The van der Waals surface area contributed by atoms with Crippen LogP contribution in [0.4, 0.5) is 5.95 Å². The maximum absolute atomic E-state index is 12.2. The van der Waals surface area contributed by atoms with Gasteiger partial charge in [0.15, 0.2) is 0 Å². The number of carbonyl (C=O) groups is 3. The highest BCUT2D eigenvalue weighted by molar-refractivity contribution is 6.05. The Morgan fingerprint density at radius 3 is 2.52 bits per heavy atom. The lowest BCUT2D eigenvalue weighted by Gasteiger charge is -2.19. The second-order valence-corrected chi connectivity index (χ2v) is 5.46. The molecule has 8 heteroatoms. The highest BCUT2D eigenvalue weighted by atomic mass is 16.2. The molecule has 1 aromatic rings. The van der Waals surface area contributed by atoms with Gasteiger partial charge in [0.25, 0.3) is 0 Å². The van der Waals surface area contributed by atoms with Crippen molar-refractivity contribution < 1.29 is 14.4 Å². The van der Waals surface area contributed by atoms with Gasteiger partial charge < -0.3 is 0 Å². The molecule has 3 rings (SSSR count). The minimum Gasteiger partial charge on any atom is -0.295 e. The molecule has 2 fully saturated rings. The van der Waals surface area contributed by atoms with E-state index in [0.29, 0.717) is 0 Å². The van der Waals surface area contributed by atoms with Crippen molar-refractivity contribution in [3.8, 4) is 0 Å². The van der Waals surface area contributed by atoms with Gasteiger partial charge in [0.05, 0.1) is 11.8 Å². The molecule has 3 amide bonds. The van der Waals surface area contributed by atoms with Crippen LogP contribution in [0.15, 0.2) is 6.33 Å². The smallest absolute Gasteiger partial charge is 0.233 e. The van der Waals surface area contributed by atoms with E-state index < -0.39 is 0 Å². The predicted molar refractivity (Wildman–Crippen MR) is 71.8 cm³/mol. The topological polar surface area (TPSA) is 108 Å². The Morgan fingerprint density at radius 1 is 1.29 bits per heavy atom. The fourth-order valence-electron chi connectivity index (χ4n) is 3.12. The summed E-state index contributed by atoms with van der Waals surface area (Å²) in [7, 11) is 0. The number of aromatic amines is 1. The van der Waals surface area contributed by atoms with E-state index in [1.807, 2.05) is 0 Å². The molecule has 0 bridgehead atoms. The minimum absolute atomic E-state index is 0.0671. The Hall–Kier alpha value is -2.25. The molecule has 0 spiro atoms. The van der Waals surface area contributed by atoms with E-state index in [9.17, 15) is 14.4 Å². The molecule has 8 nitrogen and oxygen atoms in total. The number of hydrogen-bond acceptors (Lipinski definition) is 5. The summed E-state index contributed by atoms with van der Waals surface area (Å²) in [6.45, 7) is 0.130. The van der Waals surface area contributed by atoms with Crippen molar-refractivity contribution >= 4 is 23.7 Å². The van der Waals surface area contributed by atoms with Gasteiger partial charge in [0.1, 0.15) is 6.33 Å². The normalized spacial score (nSPS) is 25.0. The van der Waals surface area contributed by atoms with Crippen molar-refractivity contribution in [1.82, 2.24) is 20.1 Å². The van der Waals surface area contributed by atoms with Crippen LogP contribution in [0.3, 0.4) is 0 Å². The quantitative estimate of drug-likeness (QED) is 0.776. The van der Waals surface area contributed by atoms with Gasteiger partial charge in [-0.25, -0.2) is 5.10 Å². The SMILES string of the molecule is O=C(CCN1C(=O)[C@@H]2CCCC[C@H]2C1=O)Nc1ncn[nH]1. The van der Waals surface area contributed by atoms with Crippen LogP contribution in [0.2, 0.25) is 0 Å². The zero-order valence-electron chi connectivity index (χ0n) is 11.5. The maximum Gasteiger partial charge on any atom is 0.233 e. The molecule has 2 heterocycles. The third-order valence-corrected chi connectivity index (χ3v) is 4.17. The molecule has 1 aliphatic heterocycles. The first kappa shape index (κ1) is 13.7. The van der Waals surface area contributed by atoms with Crippen LogP contribution in [-0.2, 0) is 14.4 Å². The number of H-pyrrole nitrogens is 1. The first-order chi connectivity index (χ1) is 10.2. The van der Waals surface area contributed by atoms with E-state index in [0.717, 1.165) is 25.7 Å². The number of nitrogens with one attached hydrogen (secondary N) is 2. The van der Waals surface area contributed by atoms with E-state index in [-0.39, 0.29) is 48.5 Å². The van der Waals surface area contributed by atoms with Crippen molar-refractivity contribution in [2.45, 2.75) is 32.1 Å². The second-order valence-electron chi connectivity index (χ2n) is 5.46. The van der Waals surface area contributed by atoms with E-state index in [1.165, 1.54) is 11.2 Å². The lowest BCUT2D eigenvalue weighted by Crippen LogP contribution is -2.34. The van der Waals surface area contributed by atoms with E-state index in [4.69, 9.17) is 0 Å². The summed E-state index contributed by atoms with van der Waals surface area (Å²) in [5.41, 5.74) is 0. The van der Waals surface area contributed by atoms with Gasteiger partial charge >= 0.3 is 0 Å². The summed E-state index contributed by atoms with van der Waals surface area (Å²) in [5.74, 6) is -0.600. The highest BCUT2D eigenvalue weighted by Crippen LogP contribution is 2.37. The second kappa shape index (κ2) is 5.63. The molecule has 112 valence electrons. The molecule has 0 unspecified atom stereocenters. The summed E-state index contributed by atoms with van der Waals surface area (Å²) in [5, 5.41) is 8.65. The van der Waals surface area contributed by atoms with Crippen LogP contribution in [0.1, 0.15) is 32.1 Å². The molecule has 2 aliphatic rings. The first-order valence-corrected chi connectivity index (χ1v) is 7.17. The lowest BCUT2D eigenvalue weighted by molar-refractivity contribution is -0.140. The Morgan fingerprint density at radius 2 is 1.95 bits per heavy atom. The lowest BCUT2D eigenvalue weighted by atomic mass is 9.81. The zero-order chi connectivity index (χ0) is 14.8. The first-order valence-electron chi connectivity index (χ1n) is 7.17. The number of aromatic nitrogens is 3. The number of fused-ring (bicyclic) bond motifs is 1. The van der Waals surface area contributed by atoms with Gasteiger partial charge in [-0.1, -0.05) is 12.8 Å². The van der Waals surface area contributed by atoms with Gasteiger partial charge in [0.2, 0.25) is 23.7 Å². The third kappa shape index (κ3) is 2.65. The van der Waals surface area contributed by atoms with Crippen molar-refractivity contribution in [3.05, 3.63) is 6.33 Å². The van der Waals surface area contributed by atoms with Gasteiger partial charge in [-0.15, -0.1) is 0 Å². The summed E-state index contributed by atoms with van der Waals surface area (Å²) < 4.78 is 0. The van der Waals surface area contributed by atoms with Gasteiger partial charge in [0, 0.05) is 13.0 Å². The Kier molecular flexibility index (Phi) is 3.68. The molecule has 2 atom stereocenters. The highest BCUT2D eigenvalue weighted by Gasteiger charge is 2.47. The molecule has 0 aromatic carbocycles. The van der Waals surface area contributed by atoms with Gasteiger partial charge in [-0.05, 0) is 12.8 Å². The number of carbonyl (C=O) groups excluding carboxylic acids is 3.